The van der Waals surface area contributed by atoms with Crippen LogP contribution in [0.3, 0.4) is 0 Å². The van der Waals surface area contributed by atoms with E-state index >= 15 is 0 Å². The van der Waals surface area contributed by atoms with E-state index < -0.39 is 0 Å². The Bertz CT molecular complexity index is 69.9. The molecule has 1 unspecified atom stereocenters. The zero-order chi connectivity index (χ0) is 4.57. The average molecular weight is 85.1 g/mol. The van der Waals surface area contributed by atoms with Crippen LogP contribution in [0.1, 0.15) is 13.3 Å². The molecule has 0 saturated heterocycles. The molecule has 1 saturated carbocycles. The predicted molar refractivity (Wildman–Crippen MR) is 21.9 cm³/mol. The number of hydrogen-bond donors (Lipinski definition) is 1. The van der Waals surface area contributed by atoms with Crippen LogP contribution in [0, 0.1) is 5.92 Å². The molecule has 0 spiro atoms. The fourth-order valence-electron chi connectivity index (χ4n) is 0.510. The molecular formula is C4H9N2+. The minimum Gasteiger partial charge on any atom is -0.157 e. The number of rotatable bonds is 1. The standard InChI is InChI=1S/C4H8N2/c1-3-2-4(3)6-5/h3-5H,2H2,1H3/p+1/t3?,4-/m0/s1. The van der Waals surface area contributed by atoms with Crippen molar-refractivity contribution in [3.05, 3.63) is 0 Å². The van der Waals surface area contributed by atoms with Gasteiger partial charge in [0.1, 0.15) is 6.04 Å². The molecule has 0 radical (unpaired) electrons. The van der Waals surface area contributed by atoms with Crippen molar-refractivity contribution in [1.82, 2.24) is 0 Å². The highest BCUT2D eigenvalue weighted by Gasteiger charge is 2.34. The van der Waals surface area contributed by atoms with E-state index in [1.807, 2.05) is 0 Å². The number of nitrogens with two attached hydrogens (primary N) is 1. The van der Waals surface area contributed by atoms with Crippen molar-refractivity contribution in [1.29, 1.82) is 0 Å². The van der Waals surface area contributed by atoms with Gasteiger partial charge in [-0.1, -0.05) is 6.92 Å². The van der Waals surface area contributed by atoms with E-state index in [2.05, 4.69) is 12.0 Å². The fourth-order valence-corrected chi connectivity index (χ4v) is 0.510. The van der Waals surface area contributed by atoms with Crippen molar-refractivity contribution >= 4 is 0 Å². The molecule has 6 heavy (non-hydrogen) atoms. The van der Waals surface area contributed by atoms with Gasteiger partial charge in [0.25, 0.3) is 0 Å². The van der Waals surface area contributed by atoms with Gasteiger partial charge in [-0.15, -0.1) is 0 Å². The average Bonchev–Trinajstić information content (AvgIpc) is 2.19. The third-order valence-corrected chi connectivity index (χ3v) is 1.26. The molecule has 0 aliphatic heterocycles. The van der Waals surface area contributed by atoms with Crippen LogP contribution >= 0.6 is 0 Å². The molecule has 1 aliphatic carbocycles. The summed E-state index contributed by atoms with van der Waals surface area (Å²) in [5.74, 6) is 0.773. The topological polar surface area (TPSA) is 38.0 Å². The van der Waals surface area contributed by atoms with Crippen molar-refractivity contribution in [2.24, 2.45) is 11.0 Å². The second-order valence-corrected chi connectivity index (χ2v) is 1.93. The summed E-state index contributed by atoms with van der Waals surface area (Å²) < 4.78 is 0. The van der Waals surface area contributed by atoms with Gasteiger partial charge >= 0.3 is 0 Å². The Morgan fingerprint density at radius 1 is 1.83 bits per heavy atom. The quantitative estimate of drug-likeness (QED) is 0.421. The lowest BCUT2D eigenvalue weighted by Crippen LogP contribution is -2.24. The molecule has 1 aliphatic rings. The molecule has 34 valence electrons. The first-order valence-electron chi connectivity index (χ1n) is 2.24. The van der Waals surface area contributed by atoms with Crippen LogP contribution in [0.4, 0.5) is 0 Å². The highest BCUT2D eigenvalue weighted by atomic mass is 15.0. The van der Waals surface area contributed by atoms with E-state index in [1.54, 1.807) is 0 Å². The number of hydrogen-bond acceptors (Lipinski definition) is 1. The molecule has 2 atom stereocenters. The molecule has 0 heterocycles. The molecule has 1 fully saturated rings. The molecule has 0 amide bonds. The molecule has 0 bridgehead atoms. The van der Waals surface area contributed by atoms with Gasteiger partial charge < -0.3 is 0 Å². The Morgan fingerprint density at radius 3 is 2.33 bits per heavy atom. The van der Waals surface area contributed by atoms with E-state index in [-0.39, 0.29) is 0 Å². The summed E-state index contributed by atoms with van der Waals surface area (Å²) >= 11 is 0. The second-order valence-electron chi connectivity index (χ2n) is 1.93. The molecule has 2 heteroatoms. The lowest BCUT2D eigenvalue weighted by atomic mass is 10.5. The maximum Gasteiger partial charge on any atom is 0.115 e. The van der Waals surface area contributed by atoms with Crippen molar-refractivity contribution in [3.8, 4) is 0 Å². The Balaban J connectivity index is 2.25. The van der Waals surface area contributed by atoms with Gasteiger partial charge in [-0.2, -0.15) is 5.53 Å². The summed E-state index contributed by atoms with van der Waals surface area (Å²) in [7, 11) is 0. The first-order chi connectivity index (χ1) is 2.84. The first-order valence-corrected chi connectivity index (χ1v) is 2.24. The van der Waals surface area contributed by atoms with E-state index in [0.29, 0.717) is 6.04 Å². The molecule has 2 N–H and O–H groups in total. The van der Waals surface area contributed by atoms with Crippen molar-refractivity contribution < 1.29 is 5.53 Å². The maximum atomic E-state index is 4.95. The summed E-state index contributed by atoms with van der Waals surface area (Å²) in [6.07, 6.45) is 1.20. The first kappa shape index (κ1) is 3.78. The Labute approximate surface area is 37.1 Å². The minimum absolute atomic E-state index is 0.505. The largest absolute Gasteiger partial charge is 0.157 e. The van der Waals surface area contributed by atoms with Gasteiger partial charge in [0.2, 0.25) is 0 Å². The van der Waals surface area contributed by atoms with Gasteiger partial charge in [-0.05, 0) is 17.5 Å². The summed E-state index contributed by atoms with van der Waals surface area (Å²) in [5.41, 5.74) is 4.95. The molecule has 0 aromatic heterocycles. The fraction of sp³-hybridized carbons (Fsp3) is 1.00. The van der Waals surface area contributed by atoms with Crippen LogP contribution in [0.2, 0.25) is 0 Å². The van der Waals surface area contributed by atoms with Gasteiger partial charge in [0, 0.05) is 0 Å². The molecule has 2 nitrogen and oxygen atoms in total. The van der Waals surface area contributed by atoms with Gasteiger partial charge in [-0.25, -0.2) is 0 Å². The van der Waals surface area contributed by atoms with E-state index in [9.17, 15) is 0 Å². The van der Waals surface area contributed by atoms with E-state index in [0.717, 1.165) is 5.92 Å². The summed E-state index contributed by atoms with van der Waals surface area (Å²) in [4.78, 5) is 0. The predicted octanol–water partition coefficient (Wildman–Crippen LogP) is -0.394. The third-order valence-electron chi connectivity index (χ3n) is 1.26. The van der Waals surface area contributed by atoms with Gasteiger partial charge in [0.05, 0.1) is 0 Å². The third kappa shape index (κ3) is 0.421. The highest BCUT2D eigenvalue weighted by molar-refractivity contribution is 4.86. The van der Waals surface area contributed by atoms with E-state index in [1.165, 1.54) is 6.42 Å². The molecular weight excluding hydrogens is 76.1 g/mol. The zero-order valence-electron chi connectivity index (χ0n) is 3.89. The van der Waals surface area contributed by atoms with Crippen LogP contribution in [0.5, 0.6) is 0 Å². The van der Waals surface area contributed by atoms with Crippen LogP contribution in [0.15, 0.2) is 5.11 Å². The van der Waals surface area contributed by atoms with Crippen LogP contribution in [-0.2, 0) is 0 Å². The summed E-state index contributed by atoms with van der Waals surface area (Å²) in [5, 5.41) is 3.58. The van der Waals surface area contributed by atoms with Crippen molar-refractivity contribution in [2.75, 3.05) is 0 Å². The zero-order valence-corrected chi connectivity index (χ0v) is 3.89. The summed E-state index contributed by atoms with van der Waals surface area (Å²) in [6.45, 7) is 2.15. The smallest absolute Gasteiger partial charge is 0.115 e. The van der Waals surface area contributed by atoms with Crippen LogP contribution in [-0.4, -0.2) is 6.04 Å². The Kier molecular flexibility index (Phi) is 0.650. The molecule has 1 rings (SSSR count). The Morgan fingerprint density at radius 2 is 2.33 bits per heavy atom. The molecule has 0 aromatic carbocycles. The summed E-state index contributed by atoms with van der Waals surface area (Å²) in [6, 6.07) is 0.505. The lowest BCUT2D eigenvalue weighted by Gasteiger charge is -1.65. The van der Waals surface area contributed by atoms with Crippen LogP contribution in [0.25, 0.3) is 0 Å². The van der Waals surface area contributed by atoms with Crippen molar-refractivity contribution in [3.63, 3.8) is 0 Å². The van der Waals surface area contributed by atoms with Crippen LogP contribution < -0.4 is 5.53 Å². The van der Waals surface area contributed by atoms with E-state index in [4.69, 9.17) is 5.53 Å². The normalized spacial score (nSPS) is 42.2. The number of nitrogens with zero attached hydrogens (tertiary/aromatic N) is 1. The second kappa shape index (κ2) is 1.03. The highest BCUT2D eigenvalue weighted by Crippen LogP contribution is 2.31. The monoisotopic (exact) mass is 85.1 g/mol. The SMILES string of the molecule is CC1C[C@@H]1N=[NH2+]. The lowest BCUT2D eigenvalue weighted by molar-refractivity contribution is -0.224. The van der Waals surface area contributed by atoms with Crippen molar-refractivity contribution in [2.45, 2.75) is 19.4 Å². The van der Waals surface area contributed by atoms with Gasteiger partial charge in [0.15, 0.2) is 0 Å². The molecule has 0 aromatic rings. The minimum atomic E-state index is 0.505. The van der Waals surface area contributed by atoms with Gasteiger partial charge in [-0.3, -0.25) is 0 Å². The maximum absolute atomic E-state index is 4.95. The Hall–Kier alpha value is -0.400.